The van der Waals surface area contributed by atoms with Gasteiger partial charge in [-0.1, -0.05) is 0 Å². The van der Waals surface area contributed by atoms with Crippen molar-refractivity contribution in [1.29, 1.82) is 0 Å². The summed E-state index contributed by atoms with van der Waals surface area (Å²) in [5.41, 5.74) is 3.84. The second-order valence-electron chi connectivity index (χ2n) is 6.20. The van der Waals surface area contributed by atoms with Crippen LogP contribution in [0.25, 0.3) is 16.9 Å². The number of thiazole rings is 1. The highest BCUT2D eigenvalue weighted by molar-refractivity contribution is 7.14. The van der Waals surface area contributed by atoms with Crippen molar-refractivity contribution < 1.29 is 4.79 Å². The van der Waals surface area contributed by atoms with Crippen LogP contribution in [-0.4, -0.2) is 30.5 Å². The summed E-state index contributed by atoms with van der Waals surface area (Å²) in [6.07, 6.45) is 7.73. The van der Waals surface area contributed by atoms with Gasteiger partial charge < -0.3 is 0 Å². The molecule has 4 aromatic rings. The highest BCUT2D eigenvalue weighted by Gasteiger charge is 2.26. The molecule has 1 fully saturated rings. The number of hydrogen-bond acceptors (Lipinski definition) is 6. The average molecular weight is 362 g/mol. The second-order valence-corrected chi connectivity index (χ2v) is 7.05. The number of pyridine rings is 1. The van der Waals surface area contributed by atoms with Crippen molar-refractivity contribution in [2.45, 2.75) is 18.8 Å². The van der Waals surface area contributed by atoms with Crippen LogP contribution in [0.3, 0.4) is 0 Å². The number of nitrogens with one attached hydrogen (secondary N) is 1. The second kappa shape index (κ2) is 5.99. The van der Waals surface area contributed by atoms with Gasteiger partial charge in [0.25, 0.3) is 5.91 Å². The van der Waals surface area contributed by atoms with Gasteiger partial charge in [-0.2, -0.15) is 5.10 Å². The number of anilines is 1. The quantitative estimate of drug-likeness (QED) is 0.601. The van der Waals surface area contributed by atoms with Gasteiger partial charge in [-0.25, -0.2) is 14.5 Å². The minimum Gasteiger partial charge on any atom is -0.296 e. The summed E-state index contributed by atoms with van der Waals surface area (Å²) in [6.45, 7) is 0. The maximum Gasteiger partial charge on any atom is 0.277 e. The Morgan fingerprint density at radius 3 is 2.96 bits per heavy atom. The van der Waals surface area contributed by atoms with Crippen LogP contribution in [0.2, 0.25) is 0 Å². The number of carbonyl (C=O) groups is 1. The Labute approximate surface area is 152 Å². The van der Waals surface area contributed by atoms with Gasteiger partial charge in [0.15, 0.2) is 10.8 Å². The first-order chi connectivity index (χ1) is 12.8. The number of amides is 1. The monoisotopic (exact) mass is 362 g/mol. The largest absolute Gasteiger partial charge is 0.296 e. The molecule has 1 N–H and O–H groups in total. The Bertz CT molecular complexity index is 1100. The van der Waals surface area contributed by atoms with Crippen molar-refractivity contribution in [2.75, 3.05) is 5.32 Å². The predicted octanol–water partition coefficient (Wildman–Crippen LogP) is 3.38. The number of aromatic nitrogens is 5. The highest BCUT2D eigenvalue weighted by Crippen LogP contribution is 2.39. The summed E-state index contributed by atoms with van der Waals surface area (Å²) in [5.74, 6) is 0.260. The molecule has 0 aliphatic heterocycles. The lowest BCUT2D eigenvalue weighted by molar-refractivity contribution is 0.102. The molecule has 1 aliphatic carbocycles. The van der Waals surface area contributed by atoms with Gasteiger partial charge in [-0.15, -0.1) is 11.3 Å². The van der Waals surface area contributed by atoms with E-state index in [-0.39, 0.29) is 5.91 Å². The van der Waals surface area contributed by atoms with Crippen molar-refractivity contribution in [3.8, 4) is 11.3 Å². The third-order valence-electron chi connectivity index (χ3n) is 4.25. The van der Waals surface area contributed by atoms with Crippen LogP contribution in [0.15, 0.2) is 48.2 Å². The minimum atomic E-state index is -0.291. The van der Waals surface area contributed by atoms with Crippen molar-refractivity contribution in [3.05, 3.63) is 59.6 Å². The third-order valence-corrected chi connectivity index (χ3v) is 5.01. The molecule has 1 aliphatic rings. The van der Waals surface area contributed by atoms with Gasteiger partial charge in [0.05, 0.1) is 17.6 Å². The number of imidazole rings is 1. The zero-order valence-electron chi connectivity index (χ0n) is 13.7. The third kappa shape index (κ3) is 2.84. The van der Waals surface area contributed by atoms with E-state index >= 15 is 0 Å². The molecule has 0 spiro atoms. The van der Waals surface area contributed by atoms with Gasteiger partial charge in [0, 0.05) is 29.3 Å². The predicted molar refractivity (Wildman–Crippen MR) is 98.3 cm³/mol. The van der Waals surface area contributed by atoms with E-state index in [9.17, 15) is 4.79 Å². The molecule has 4 heterocycles. The van der Waals surface area contributed by atoms with Crippen LogP contribution in [-0.2, 0) is 0 Å². The first kappa shape index (κ1) is 15.2. The Morgan fingerprint density at radius 2 is 2.15 bits per heavy atom. The molecule has 0 bridgehead atoms. The fraction of sp³-hybridized carbons (Fsp3) is 0.167. The van der Waals surface area contributed by atoms with Crippen LogP contribution in [0, 0.1) is 0 Å². The van der Waals surface area contributed by atoms with E-state index in [1.807, 2.05) is 29.8 Å². The van der Waals surface area contributed by atoms with Gasteiger partial charge >= 0.3 is 0 Å². The van der Waals surface area contributed by atoms with Gasteiger partial charge in [0.1, 0.15) is 5.69 Å². The van der Waals surface area contributed by atoms with E-state index in [0.717, 1.165) is 22.6 Å². The number of hydrogen-bond donors (Lipinski definition) is 1. The van der Waals surface area contributed by atoms with Crippen LogP contribution in [0.4, 0.5) is 5.13 Å². The van der Waals surface area contributed by atoms with Gasteiger partial charge in [-0.3, -0.25) is 15.1 Å². The molecule has 0 atom stereocenters. The molecule has 7 nitrogen and oxygen atoms in total. The summed E-state index contributed by atoms with van der Waals surface area (Å²) in [4.78, 5) is 25.6. The normalized spacial score (nSPS) is 13.8. The number of carbonyl (C=O) groups excluding carboxylic acids is 1. The number of rotatable bonds is 4. The van der Waals surface area contributed by atoms with E-state index in [0.29, 0.717) is 16.7 Å². The highest BCUT2D eigenvalue weighted by atomic mass is 32.1. The van der Waals surface area contributed by atoms with E-state index in [4.69, 9.17) is 0 Å². The van der Waals surface area contributed by atoms with E-state index in [1.165, 1.54) is 24.2 Å². The Balaban J connectivity index is 1.36. The molecule has 0 radical (unpaired) electrons. The molecule has 0 saturated heterocycles. The molecular formula is C18H14N6OS. The van der Waals surface area contributed by atoms with E-state index in [2.05, 4.69) is 25.4 Å². The lowest BCUT2D eigenvalue weighted by atomic mass is 10.2. The lowest BCUT2D eigenvalue weighted by Crippen LogP contribution is -2.14. The molecular weight excluding hydrogens is 348 g/mol. The van der Waals surface area contributed by atoms with Crippen molar-refractivity contribution >= 4 is 28.0 Å². The molecule has 1 saturated carbocycles. The maximum atomic E-state index is 12.5. The molecule has 26 heavy (non-hydrogen) atoms. The molecule has 8 heteroatoms. The SMILES string of the molecule is O=C(Nc1nc(-c2cccnc2)cs1)c1ccc2nc(C3CC3)cn2n1. The van der Waals surface area contributed by atoms with Crippen molar-refractivity contribution in [3.63, 3.8) is 0 Å². The fourth-order valence-electron chi connectivity index (χ4n) is 2.74. The molecule has 128 valence electrons. The standard InChI is InChI=1S/C18H14N6OS/c25-17(22-18-21-15(10-26-18)12-2-1-7-19-8-12)13-5-6-16-20-14(11-3-4-11)9-24(16)23-13/h1-2,5-11H,3-4H2,(H,21,22,25). The number of nitrogens with zero attached hydrogens (tertiary/aromatic N) is 5. The zero-order chi connectivity index (χ0) is 17.5. The van der Waals surface area contributed by atoms with Crippen LogP contribution >= 0.6 is 11.3 Å². The maximum absolute atomic E-state index is 12.5. The van der Waals surface area contributed by atoms with Crippen LogP contribution in [0.5, 0.6) is 0 Å². The summed E-state index contributed by atoms with van der Waals surface area (Å²) in [7, 11) is 0. The summed E-state index contributed by atoms with van der Waals surface area (Å²) in [6, 6.07) is 7.29. The molecule has 0 unspecified atom stereocenters. The Kier molecular flexibility index (Phi) is 3.49. The fourth-order valence-corrected chi connectivity index (χ4v) is 3.45. The van der Waals surface area contributed by atoms with Crippen molar-refractivity contribution in [2.24, 2.45) is 0 Å². The van der Waals surface area contributed by atoms with Gasteiger partial charge in [-0.05, 0) is 37.1 Å². The van der Waals surface area contributed by atoms with E-state index < -0.39 is 0 Å². The topological polar surface area (TPSA) is 85.1 Å². The van der Waals surface area contributed by atoms with Crippen LogP contribution < -0.4 is 5.32 Å². The summed E-state index contributed by atoms with van der Waals surface area (Å²) in [5, 5.41) is 9.60. The smallest absolute Gasteiger partial charge is 0.277 e. The zero-order valence-corrected chi connectivity index (χ0v) is 14.5. The molecule has 5 rings (SSSR count). The molecule has 4 aromatic heterocycles. The average Bonchev–Trinajstić information content (AvgIpc) is 3.27. The van der Waals surface area contributed by atoms with E-state index in [1.54, 1.807) is 23.0 Å². The van der Waals surface area contributed by atoms with Crippen LogP contribution in [0.1, 0.15) is 34.9 Å². The Morgan fingerprint density at radius 1 is 1.23 bits per heavy atom. The lowest BCUT2D eigenvalue weighted by Gasteiger charge is -2.01. The molecule has 1 amide bonds. The molecule has 0 aromatic carbocycles. The first-order valence-electron chi connectivity index (χ1n) is 8.30. The summed E-state index contributed by atoms with van der Waals surface area (Å²) >= 11 is 1.37. The summed E-state index contributed by atoms with van der Waals surface area (Å²) < 4.78 is 1.67. The minimum absolute atomic E-state index is 0.291. The number of fused-ring (bicyclic) bond motifs is 1. The Hall–Kier alpha value is -3.13. The first-order valence-corrected chi connectivity index (χ1v) is 9.18. The van der Waals surface area contributed by atoms with Gasteiger partial charge in [0.2, 0.25) is 0 Å². The van der Waals surface area contributed by atoms with Crippen molar-refractivity contribution in [1.82, 2.24) is 24.6 Å².